The molecule has 1 aliphatic rings. The van der Waals surface area contributed by atoms with Gasteiger partial charge in [-0.2, -0.15) is 0 Å². The van der Waals surface area contributed by atoms with E-state index in [1.54, 1.807) is 12.1 Å². The Morgan fingerprint density at radius 2 is 1.88 bits per heavy atom. The van der Waals surface area contributed by atoms with Crippen LogP contribution in [0.5, 0.6) is 0 Å². The standard InChI is InChI=1S/C18H25N3O4/c1-3-13(4-2)20-15(22)11-19-17(25)21-18(16(23)24)10-9-12-7-5-6-8-14(12)18/h5-8,13H,3-4,9-11H2,1-2H3,(H,20,22)(H,23,24)(H2,19,21,25). The molecule has 0 spiro atoms. The number of carbonyl (C=O) groups excluding carboxylic acids is 2. The van der Waals surface area contributed by atoms with Gasteiger partial charge in [0.25, 0.3) is 0 Å². The Morgan fingerprint density at radius 3 is 2.52 bits per heavy atom. The quantitative estimate of drug-likeness (QED) is 0.600. The van der Waals surface area contributed by atoms with Crippen LogP contribution in [0.1, 0.15) is 44.2 Å². The lowest BCUT2D eigenvalue weighted by molar-refractivity contribution is -0.144. The minimum absolute atomic E-state index is 0.0735. The van der Waals surface area contributed by atoms with Gasteiger partial charge in [-0.15, -0.1) is 0 Å². The van der Waals surface area contributed by atoms with Crippen molar-refractivity contribution in [1.29, 1.82) is 0 Å². The molecule has 1 atom stereocenters. The first-order chi connectivity index (χ1) is 11.9. The van der Waals surface area contributed by atoms with Gasteiger partial charge in [0.2, 0.25) is 5.91 Å². The van der Waals surface area contributed by atoms with Crippen LogP contribution < -0.4 is 16.0 Å². The molecule has 0 fully saturated rings. The van der Waals surface area contributed by atoms with Crippen LogP contribution in [0.4, 0.5) is 4.79 Å². The van der Waals surface area contributed by atoms with Gasteiger partial charge in [-0.3, -0.25) is 4.79 Å². The molecular formula is C18H25N3O4. The Kier molecular flexibility index (Phi) is 6.01. The van der Waals surface area contributed by atoms with E-state index in [1.807, 2.05) is 26.0 Å². The van der Waals surface area contributed by atoms with Crippen molar-refractivity contribution in [3.63, 3.8) is 0 Å². The lowest BCUT2D eigenvalue weighted by Gasteiger charge is -2.27. The van der Waals surface area contributed by atoms with Crippen molar-refractivity contribution in [1.82, 2.24) is 16.0 Å². The van der Waals surface area contributed by atoms with E-state index >= 15 is 0 Å². The van der Waals surface area contributed by atoms with E-state index < -0.39 is 17.5 Å². The van der Waals surface area contributed by atoms with E-state index in [0.717, 1.165) is 18.4 Å². The minimum atomic E-state index is -1.45. The summed E-state index contributed by atoms with van der Waals surface area (Å²) in [4.78, 5) is 35.9. The molecule has 0 aromatic heterocycles. The van der Waals surface area contributed by atoms with Crippen molar-refractivity contribution in [2.75, 3.05) is 6.54 Å². The fourth-order valence-corrected chi connectivity index (χ4v) is 3.19. The van der Waals surface area contributed by atoms with Gasteiger partial charge in [0.05, 0.1) is 6.54 Å². The minimum Gasteiger partial charge on any atom is -0.479 e. The molecule has 0 saturated carbocycles. The molecule has 136 valence electrons. The zero-order chi connectivity index (χ0) is 18.4. The van der Waals surface area contributed by atoms with Gasteiger partial charge in [-0.25, -0.2) is 9.59 Å². The molecule has 25 heavy (non-hydrogen) atoms. The van der Waals surface area contributed by atoms with Crippen LogP contribution in [0, 0.1) is 0 Å². The first-order valence-corrected chi connectivity index (χ1v) is 8.60. The third kappa shape index (κ3) is 4.10. The Bertz CT molecular complexity index is 657. The number of rotatable bonds is 7. The monoisotopic (exact) mass is 347 g/mol. The van der Waals surface area contributed by atoms with Crippen molar-refractivity contribution in [2.24, 2.45) is 0 Å². The third-order valence-corrected chi connectivity index (χ3v) is 4.70. The van der Waals surface area contributed by atoms with E-state index in [4.69, 9.17) is 0 Å². The van der Waals surface area contributed by atoms with Gasteiger partial charge in [-0.1, -0.05) is 38.1 Å². The highest BCUT2D eigenvalue weighted by molar-refractivity contribution is 5.90. The van der Waals surface area contributed by atoms with Crippen LogP contribution in [0.3, 0.4) is 0 Å². The zero-order valence-corrected chi connectivity index (χ0v) is 14.6. The molecular weight excluding hydrogens is 322 g/mol. The van der Waals surface area contributed by atoms with Gasteiger partial charge in [0.1, 0.15) is 0 Å². The predicted octanol–water partition coefficient (Wildman–Crippen LogP) is 1.52. The first-order valence-electron chi connectivity index (χ1n) is 8.60. The van der Waals surface area contributed by atoms with E-state index in [0.29, 0.717) is 12.0 Å². The Hall–Kier alpha value is -2.57. The number of fused-ring (bicyclic) bond motifs is 1. The molecule has 7 nitrogen and oxygen atoms in total. The van der Waals surface area contributed by atoms with Crippen LogP contribution in [-0.2, 0) is 21.5 Å². The van der Waals surface area contributed by atoms with Crippen molar-refractivity contribution in [3.8, 4) is 0 Å². The summed E-state index contributed by atoms with van der Waals surface area (Å²) in [6.45, 7) is 3.76. The topological polar surface area (TPSA) is 108 Å². The van der Waals surface area contributed by atoms with Gasteiger partial charge in [0.15, 0.2) is 5.54 Å². The number of urea groups is 1. The summed E-state index contributed by atoms with van der Waals surface area (Å²) in [6.07, 6.45) is 2.49. The maximum absolute atomic E-state index is 12.2. The lowest BCUT2D eigenvalue weighted by Crippen LogP contribution is -2.55. The van der Waals surface area contributed by atoms with E-state index in [9.17, 15) is 19.5 Å². The van der Waals surface area contributed by atoms with E-state index in [2.05, 4.69) is 16.0 Å². The molecule has 0 saturated heterocycles. The molecule has 1 unspecified atom stereocenters. The second-order valence-corrected chi connectivity index (χ2v) is 6.26. The summed E-state index contributed by atoms with van der Waals surface area (Å²) in [5, 5.41) is 17.5. The zero-order valence-electron chi connectivity index (χ0n) is 14.6. The average molecular weight is 347 g/mol. The molecule has 0 radical (unpaired) electrons. The van der Waals surface area contributed by atoms with Crippen LogP contribution in [-0.4, -0.2) is 35.6 Å². The normalized spacial score (nSPS) is 18.5. The first kappa shape index (κ1) is 18.8. The molecule has 0 aliphatic heterocycles. The summed E-state index contributed by atoms with van der Waals surface area (Å²) in [5.74, 6) is -1.39. The number of amides is 3. The number of carboxylic acids is 1. The molecule has 1 aromatic carbocycles. The van der Waals surface area contributed by atoms with E-state index in [-0.39, 0.29) is 24.9 Å². The largest absolute Gasteiger partial charge is 0.479 e. The van der Waals surface area contributed by atoms with Crippen molar-refractivity contribution in [3.05, 3.63) is 35.4 Å². The number of carbonyl (C=O) groups is 3. The van der Waals surface area contributed by atoms with Crippen LogP contribution in [0.15, 0.2) is 24.3 Å². The number of benzene rings is 1. The van der Waals surface area contributed by atoms with Crippen molar-refractivity contribution < 1.29 is 19.5 Å². The van der Waals surface area contributed by atoms with Gasteiger partial charge < -0.3 is 21.1 Å². The van der Waals surface area contributed by atoms with E-state index in [1.165, 1.54) is 0 Å². The van der Waals surface area contributed by atoms with Crippen LogP contribution in [0.25, 0.3) is 0 Å². The Morgan fingerprint density at radius 1 is 1.20 bits per heavy atom. The van der Waals surface area contributed by atoms with Crippen molar-refractivity contribution >= 4 is 17.9 Å². The maximum Gasteiger partial charge on any atom is 0.334 e. The molecule has 2 rings (SSSR count). The van der Waals surface area contributed by atoms with Gasteiger partial charge in [0, 0.05) is 6.04 Å². The summed E-state index contributed by atoms with van der Waals surface area (Å²) < 4.78 is 0. The molecule has 7 heteroatoms. The van der Waals surface area contributed by atoms with Gasteiger partial charge >= 0.3 is 12.0 Å². The Balaban J connectivity index is 1.99. The second-order valence-electron chi connectivity index (χ2n) is 6.26. The smallest absolute Gasteiger partial charge is 0.334 e. The number of aryl methyl sites for hydroxylation is 1. The molecule has 0 heterocycles. The number of carboxylic acid groups (broad SMARTS) is 1. The maximum atomic E-state index is 12.2. The van der Waals surface area contributed by atoms with Crippen LogP contribution >= 0.6 is 0 Å². The molecule has 3 amide bonds. The summed E-state index contributed by atoms with van der Waals surface area (Å²) in [6, 6.07) is 6.59. The molecule has 1 aromatic rings. The molecule has 1 aliphatic carbocycles. The Labute approximate surface area is 147 Å². The highest BCUT2D eigenvalue weighted by Gasteiger charge is 2.46. The van der Waals surface area contributed by atoms with Gasteiger partial charge in [-0.05, 0) is 36.8 Å². The fraction of sp³-hybridized carbons (Fsp3) is 0.500. The summed E-state index contributed by atoms with van der Waals surface area (Å²) in [7, 11) is 0. The van der Waals surface area contributed by atoms with Crippen LogP contribution in [0.2, 0.25) is 0 Å². The molecule has 4 N–H and O–H groups in total. The van der Waals surface area contributed by atoms with Crippen molar-refractivity contribution in [2.45, 2.75) is 51.1 Å². The predicted molar refractivity (Wildman–Crippen MR) is 93.1 cm³/mol. The SMILES string of the molecule is CCC(CC)NC(=O)CNC(=O)NC1(C(=O)O)CCc2ccccc21. The second kappa shape index (κ2) is 8.00. The number of hydrogen-bond acceptors (Lipinski definition) is 3. The average Bonchev–Trinajstić information content (AvgIpc) is 2.98. The molecule has 0 bridgehead atoms. The number of hydrogen-bond donors (Lipinski definition) is 4. The number of nitrogens with one attached hydrogen (secondary N) is 3. The highest BCUT2D eigenvalue weighted by atomic mass is 16.4. The summed E-state index contributed by atoms with van der Waals surface area (Å²) in [5.41, 5.74) is 0.0581. The number of aliphatic carboxylic acids is 1. The highest BCUT2D eigenvalue weighted by Crippen LogP contribution is 2.37. The third-order valence-electron chi connectivity index (χ3n) is 4.70. The summed E-state index contributed by atoms with van der Waals surface area (Å²) >= 11 is 0. The lowest BCUT2D eigenvalue weighted by atomic mass is 9.92. The fourth-order valence-electron chi connectivity index (χ4n) is 3.19.